The molecule has 0 aliphatic rings. The number of carbonyl (C=O) groups is 1. The van der Waals surface area contributed by atoms with Crippen molar-refractivity contribution in [3.8, 4) is 16.9 Å². The molecular weight excluding hydrogens is 532 g/mol. The Balaban J connectivity index is 0.00000456. The summed E-state index contributed by atoms with van der Waals surface area (Å²) in [5.74, 6) is -1.78. The van der Waals surface area contributed by atoms with E-state index in [-0.39, 0.29) is 79.1 Å². The zero-order chi connectivity index (χ0) is 26.1. The van der Waals surface area contributed by atoms with Crippen molar-refractivity contribution in [1.82, 2.24) is 4.98 Å². The maximum Gasteiger partial charge on any atom is 1.00 e. The second kappa shape index (κ2) is 12.0. The minimum absolute atomic E-state index is 0. The molecular formula is C25H21BCl2FKN2O4. The van der Waals surface area contributed by atoms with Crippen molar-refractivity contribution in [1.29, 1.82) is 0 Å². The van der Waals surface area contributed by atoms with Gasteiger partial charge < -0.3 is 14.6 Å². The van der Waals surface area contributed by atoms with Crippen LogP contribution in [0.5, 0.6) is 5.75 Å². The van der Waals surface area contributed by atoms with E-state index in [4.69, 9.17) is 35.8 Å². The number of hydrogen-bond donors (Lipinski definition) is 1. The second-order valence-corrected chi connectivity index (χ2v) is 9.67. The van der Waals surface area contributed by atoms with Gasteiger partial charge in [-0.2, -0.15) is 17.7 Å². The van der Waals surface area contributed by atoms with Crippen LogP contribution in [0.15, 0.2) is 48.7 Å². The number of halogens is 3. The minimum Gasteiger partial charge on any atom is -0.468 e. The van der Waals surface area contributed by atoms with Gasteiger partial charge in [-0.1, -0.05) is 61.7 Å². The molecule has 0 saturated heterocycles. The van der Waals surface area contributed by atoms with Crippen LogP contribution in [-0.2, 0) is 4.79 Å². The Morgan fingerprint density at radius 3 is 2.42 bits per heavy atom. The van der Waals surface area contributed by atoms with Gasteiger partial charge in [0, 0.05) is 23.7 Å². The van der Waals surface area contributed by atoms with E-state index in [1.165, 1.54) is 49.6 Å². The predicted molar refractivity (Wildman–Crippen MR) is 134 cm³/mol. The van der Waals surface area contributed by atoms with Gasteiger partial charge in [0.1, 0.15) is 5.82 Å². The molecule has 6 nitrogen and oxygen atoms in total. The number of aromatic nitrogens is 1. The SMILES string of the molecule is [B]C(O)(Oc1cc(-c2cc([C-]=O)ccc2Cl)cnc1N(C)C(=O)c1c(F)cccc1Cl)C(C)(C)C.[K+]. The number of hydrogen-bond acceptors (Lipinski definition) is 5. The fourth-order valence-corrected chi connectivity index (χ4v) is 3.48. The Hall–Kier alpha value is -1.30. The number of nitrogens with zero attached hydrogens (tertiary/aromatic N) is 2. The molecule has 3 rings (SSSR count). The molecule has 11 heteroatoms. The third-order valence-electron chi connectivity index (χ3n) is 5.37. The molecule has 3 aromatic rings. The van der Waals surface area contributed by atoms with Crippen LogP contribution in [0.1, 0.15) is 36.7 Å². The average molecular weight is 553 g/mol. The summed E-state index contributed by atoms with van der Waals surface area (Å²) >= 11 is 12.4. The number of carbonyl (C=O) groups excluding carboxylic acids is 2. The topological polar surface area (TPSA) is 79.7 Å². The Labute approximate surface area is 263 Å². The molecule has 2 aromatic carbocycles. The number of ether oxygens (including phenoxy) is 1. The first kappa shape index (κ1) is 30.9. The number of benzene rings is 2. The van der Waals surface area contributed by atoms with E-state index < -0.39 is 22.8 Å². The van der Waals surface area contributed by atoms with Gasteiger partial charge in [0.05, 0.1) is 16.9 Å². The van der Waals surface area contributed by atoms with Crippen LogP contribution in [0.25, 0.3) is 11.1 Å². The molecule has 0 fully saturated rings. The van der Waals surface area contributed by atoms with Gasteiger partial charge in [-0.05, 0) is 23.8 Å². The van der Waals surface area contributed by atoms with Crippen LogP contribution in [0, 0.1) is 11.2 Å². The normalized spacial score (nSPS) is 12.8. The van der Waals surface area contributed by atoms with Crippen molar-refractivity contribution < 1.29 is 75.2 Å². The van der Waals surface area contributed by atoms with Gasteiger partial charge >= 0.3 is 51.4 Å². The minimum atomic E-state index is -2.19. The van der Waals surface area contributed by atoms with Crippen molar-refractivity contribution in [3.05, 3.63) is 75.7 Å². The maximum absolute atomic E-state index is 14.4. The van der Waals surface area contributed by atoms with Gasteiger partial charge in [-0.15, -0.1) is 0 Å². The van der Waals surface area contributed by atoms with Crippen molar-refractivity contribution in [3.63, 3.8) is 0 Å². The fourth-order valence-electron chi connectivity index (χ4n) is 3.01. The first-order valence-electron chi connectivity index (χ1n) is 10.4. The molecule has 180 valence electrons. The molecule has 0 saturated carbocycles. The quantitative estimate of drug-likeness (QED) is 0.288. The Morgan fingerprint density at radius 2 is 1.83 bits per heavy atom. The van der Waals surface area contributed by atoms with E-state index >= 15 is 0 Å². The molecule has 0 spiro atoms. The molecule has 1 aromatic heterocycles. The summed E-state index contributed by atoms with van der Waals surface area (Å²) in [6, 6.07) is 9.85. The van der Waals surface area contributed by atoms with Crippen LogP contribution in [0.2, 0.25) is 10.0 Å². The second-order valence-electron chi connectivity index (χ2n) is 8.85. The van der Waals surface area contributed by atoms with Gasteiger partial charge in [0.15, 0.2) is 25.1 Å². The van der Waals surface area contributed by atoms with Gasteiger partial charge in [0.2, 0.25) is 0 Å². The molecule has 0 aliphatic heterocycles. The third-order valence-corrected chi connectivity index (χ3v) is 6.01. The van der Waals surface area contributed by atoms with E-state index in [0.29, 0.717) is 16.1 Å². The summed E-state index contributed by atoms with van der Waals surface area (Å²) in [4.78, 5) is 29.6. The van der Waals surface area contributed by atoms with E-state index in [2.05, 4.69) is 4.98 Å². The molecule has 0 aliphatic carbocycles. The summed E-state index contributed by atoms with van der Waals surface area (Å²) in [6.07, 6.45) is 3.18. The Bertz CT molecular complexity index is 1280. The van der Waals surface area contributed by atoms with E-state index in [9.17, 15) is 19.1 Å². The number of amides is 1. The van der Waals surface area contributed by atoms with E-state index in [1.807, 2.05) is 0 Å². The first-order chi connectivity index (χ1) is 16.3. The molecule has 2 radical (unpaired) electrons. The smallest absolute Gasteiger partial charge is 0.468 e. The van der Waals surface area contributed by atoms with Crippen LogP contribution >= 0.6 is 23.2 Å². The van der Waals surface area contributed by atoms with Crippen LogP contribution in [0.3, 0.4) is 0 Å². The zero-order valence-corrected chi connectivity index (χ0v) is 25.0. The summed E-state index contributed by atoms with van der Waals surface area (Å²) in [5, 5.41) is 11.0. The predicted octanol–water partition coefficient (Wildman–Crippen LogP) is 2.17. The molecule has 1 unspecified atom stereocenters. The van der Waals surface area contributed by atoms with Crippen molar-refractivity contribution in [2.24, 2.45) is 5.41 Å². The van der Waals surface area contributed by atoms with E-state index in [0.717, 1.165) is 11.0 Å². The first-order valence-corrected chi connectivity index (χ1v) is 11.1. The molecule has 0 bridgehead atoms. The Kier molecular flexibility index (Phi) is 10.3. The van der Waals surface area contributed by atoms with Crippen molar-refractivity contribution in [2.75, 3.05) is 11.9 Å². The van der Waals surface area contributed by atoms with Crippen molar-refractivity contribution >= 4 is 49.1 Å². The summed E-state index contributed by atoms with van der Waals surface area (Å²) in [6.45, 7) is 4.95. The maximum atomic E-state index is 14.4. The number of pyridine rings is 1. The zero-order valence-electron chi connectivity index (χ0n) is 20.4. The largest absolute Gasteiger partial charge is 1.00 e. The Morgan fingerprint density at radius 1 is 1.17 bits per heavy atom. The molecule has 1 atom stereocenters. The standard InChI is InChI=1S/C25H21BCl2FN2O4.K/c1-24(2,3)25(26,34)35-20-11-15(16-10-14(13-32)8-9-17(16)27)12-30-22(20)31(4)23(33)21-18(28)6-5-7-19(21)29;/h5-12,34H,1-4H3;/q-1;+1. The van der Waals surface area contributed by atoms with Crippen LogP contribution in [-0.4, -0.2) is 42.9 Å². The van der Waals surface area contributed by atoms with Gasteiger partial charge in [-0.25, -0.2) is 9.37 Å². The van der Waals surface area contributed by atoms with Gasteiger partial charge in [0.25, 0.3) is 5.91 Å². The third kappa shape index (κ3) is 6.57. The molecule has 1 N–H and O–H groups in total. The number of aliphatic hydroxyl groups is 1. The molecule has 1 amide bonds. The number of anilines is 1. The monoisotopic (exact) mass is 552 g/mol. The van der Waals surface area contributed by atoms with Crippen molar-refractivity contribution in [2.45, 2.75) is 26.5 Å². The molecule has 36 heavy (non-hydrogen) atoms. The van der Waals surface area contributed by atoms with Crippen LogP contribution < -0.4 is 61.0 Å². The van der Waals surface area contributed by atoms with E-state index in [1.54, 1.807) is 27.1 Å². The van der Waals surface area contributed by atoms with Crippen LogP contribution in [0.4, 0.5) is 10.2 Å². The summed E-state index contributed by atoms with van der Waals surface area (Å²) < 4.78 is 20.2. The molecule has 1 heterocycles. The number of rotatable bonds is 6. The summed E-state index contributed by atoms with van der Waals surface area (Å²) in [7, 11) is 7.39. The fraction of sp³-hybridized carbons (Fsp3) is 0.240. The average Bonchev–Trinajstić information content (AvgIpc) is 2.77. The van der Waals surface area contributed by atoms with Gasteiger partial charge in [-0.3, -0.25) is 9.69 Å². The summed E-state index contributed by atoms with van der Waals surface area (Å²) in [5.41, 5.74) is -2.42.